The van der Waals surface area contributed by atoms with E-state index in [0.717, 1.165) is 31.2 Å². The molecule has 2 N–H and O–H groups in total. The number of benzene rings is 1. The number of amides is 2. The number of rotatable bonds is 2. The van der Waals surface area contributed by atoms with Crippen LogP contribution >= 0.6 is 0 Å². The summed E-state index contributed by atoms with van der Waals surface area (Å²) in [6, 6.07) is 5.62. The summed E-state index contributed by atoms with van der Waals surface area (Å²) in [6.45, 7) is 1.20. The van der Waals surface area contributed by atoms with E-state index >= 15 is 0 Å². The van der Waals surface area contributed by atoms with Crippen LogP contribution in [0, 0.1) is 5.92 Å². The third-order valence-electron chi connectivity index (χ3n) is 5.45. The van der Waals surface area contributed by atoms with Crippen molar-refractivity contribution in [2.75, 3.05) is 11.9 Å². The summed E-state index contributed by atoms with van der Waals surface area (Å²) in [4.78, 5) is 24.7. The van der Waals surface area contributed by atoms with Crippen molar-refractivity contribution < 1.29 is 14.3 Å². The third-order valence-corrected chi connectivity index (χ3v) is 5.45. The Morgan fingerprint density at radius 3 is 2.96 bits per heavy atom. The molecule has 2 heterocycles. The number of hydrogen-bond donors (Lipinski definition) is 2. The Balaban J connectivity index is 1.50. The minimum Gasteiger partial charge on any atom is -0.375 e. The molecule has 1 aliphatic carbocycles. The van der Waals surface area contributed by atoms with Crippen LogP contribution in [0.25, 0.3) is 0 Å². The van der Waals surface area contributed by atoms with Crippen LogP contribution < -0.4 is 10.6 Å². The van der Waals surface area contributed by atoms with Crippen molar-refractivity contribution in [3.8, 4) is 0 Å². The van der Waals surface area contributed by atoms with Gasteiger partial charge in [-0.3, -0.25) is 9.59 Å². The Bertz CT molecular complexity index is 650. The van der Waals surface area contributed by atoms with Crippen molar-refractivity contribution in [2.45, 2.75) is 50.7 Å². The van der Waals surface area contributed by atoms with E-state index in [1.54, 1.807) is 0 Å². The van der Waals surface area contributed by atoms with Crippen molar-refractivity contribution in [3.63, 3.8) is 0 Å². The summed E-state index contributed by atoms with van der Waals surface area (Å²) < 4.78 is 6.00. The normalized spacial score (nSPS) is 25.2. The Kier molecular flexibility index (Phi) is 3.60. The van der Waals surface area contributed by atoms with E-state index in [0.29, 0.717) is 24.4 Å². The summed E-state index contributed by atoms with van der Waals surface area (Å²) in [7, 11) is 0. The second kappa shape index (κ2) is 5.64. The first kappa shape index (κ1) is 14.7. The predicted octanol–water partition coefficient (Wildman–Crippen LogP) is 2.61. The number of carbonyl (C=O) groups is 2. The van der Waals surface area contributed by atoms with E-state index in [4.69, 9.17) is 4.74 Å². The molecule has 1 saturated carbocycles. The largest absolute Gasteiger partial charge is 0.375 e. The second-order valence-electron chi connectivity index (χ2n) is 6.94. The summed E-state index contributed by atoms with van der Waals surface area (Å²) in [5, 5.41) is 5.80. The molecule has 1 spiro atoms. The molecule has 2 aliphatic heterocycles. The topological polar surface area (TPSA) is 67.4 Å². The van der Waals surface area contributed by atoms with E-state index in [1.807, 2.05) is 18.2 Å². The molecule has 1 unspecified atom stereocenters. The molecule has 0 aromatic heterocycles. The minimum atomic E-state index is -0.102. The van der Waals surface area contributed by atoms with Gasteiger partial charge in [0.05, 0.1) is 16.9 Å². The molecule has 122 valence electrons. The van der Waals surface area contributed by atoms with Crippen molar-refractivity contribution in [3.05, 3.63) is 29.3 Å². The molecule has 5 nitrogen and oxygen atoms in total. The molecular formula is C18H22N2O3. The highest BCUT2D eigenvalue weighted by Gasteiger charge is 2.42. The first-order chi connectivity index (χ1) is 11.2. The zero-order chi connectivity index (χ0) is 15.9. The molecule has 0 radical (unpaired) electrons. The van der Waals surface area contributed by atoms with E-state index in [2.05, 4.69) is 10.6 Å². The van der Waals surface area contributed by atoms with Crippen molar-refractivity contribution in [2.24, 2.45) is 5.92 Å². The van der Waals surface area contributed by atoms with Crippen LogP contribution in [0.5, 0.6) is 0 Å². The predicted molar refractivity (Wildman–Crippen MR) is 86.1 cm³/mol. The van der Waals surface area contributed by atoms with Gasteiger partial charge in [0.1, 0.15) is 0 Å². The Morgan fingerprint density at radius 2 is 2.13 bits per heavy atom. The van der Waals surface area contributed by atoms with Gasteiger partial charge in [-0.05, 0) is 37.3 Å². The van der Waals surface area contributed by atoms with Crippen LogP contribution in [0.1, 0.15) is 54.4 Å². The van der Waals surface area contributed by atoms with E-state index in [9.17, 15) is 9.59 Å². The molecule has 4 rings (SSSR count). The zero-order valence-corrected chi connectivity index (χ0v) is 13.2. The number of fused-ring (bicyclic) bond motifs is 1. The Labute approximate surface area is 135 Å². The van der Waals surface area contributed by atoms with Gasteiger partial charge >= 0.3 is 0 Å². The fourth-order valence-corrected chi connectivity index (χ4v) is 4.24. The maximum absolute atomic E-state index is 12.7. The minimum absolute atomic E-state index is 0.0210. The van der Waals surface area contributed by atoms with Gasteiger partial charge in [0, 0.05) is 19.1 Å². The maximum atomic E-state index is 12.7. The van der Waals surface area contributed by atoms with E-state index in [1.165, 1.54) is 12.8 Å². The Morgan fingerprint density at radius 1 is 1.30 bits per heavy atom. The first-order valence-electron chi connectivity index (χ1n) is 8.52. The molecule has 2 fully saturated rings. The van der Waals surface area contributed by atoms with Gasteiger partial charge in [0.15, 0.2) is 0 Å². The number of nitrogens with one attached hydrogen (secondary N) is 2. The molecule has 23 heavy (non-hydrogen) atoms. The van der Waals surface area contributed by atoms with Gasteiger partial charge in [0.2, 0.25) is 5.91 Å². The Hall–Kier alpha value is -1.88. The summed E-state index contributed by atoms with van der Waals surface area (Å²) >= 11 is 0. The zero-order valence-electron chi connectivity index (χ0n) is 13.2. The van der Waals surface area contributed by atoms with E-state index < -0.39 is 0 Å². The highest BCUT2D eigenvalue weighted by Crippen LogP contribution is 2.42. The van der Waals surface area contributed by atoms with Gasteiger partial charge in [-0.25, -0.2) is 0 Å². The molecule has 2 amide bonds. The van der Waals surface area contributed by atoms with Gasteiger partial charge < -0.3 is 15.4 Å². The van der Waals surface area contributed by atoms with Crippen molar-refractivity contribution >= 4 is 17.5 Å². The monoisotopic (exact) mass is 314 g/mol. The van der Waals surface area contributed by atoms with Crippen molar-refractivity contribution in [1.29, 1.82) is 0 Å². The molecule has 3 aliphatic rings. The highest BCUT2D eigenvalue weighted by atomic mass is 16.5. The second-order valence-corrected chi connectivity index (χ2v) is 6.94. The fraction of sp³-hybridized carbons (Fsp3) is 0.556. The molecule has 1 saturated heterocycles. The van der Waals surface area contributed by atoms with Crippen LogP contribution in [-0.4, -0.2) is 24.0 Å². The quantitative estimate of drug-likeness (QED) is 0.882. The summed E-state index contributed by atoms with van der Waals surface area (Å²) in [6.07, 6.45) is 6.09. The third kappa shape index (κ3) is 2.63. The maximum Gasteiger partial charge on any atom is 0.254 e. The summed E-state index contributed by atoms with van der Waals surface area (Å²) in [5.74, 6) is -0.106. The van der Waals surface area contributed by atoms with Gasteiger partial charge in [-0.1, -0.05) is 25.0 Å². The average molecular weight is 314 g/mol. The first-order valence-corrected chi connectivity index (χ1v) is 8.52. The van der Waals surface area contributed by atoms with Crippen LogP contribution in [0.15, 0.2) is 18.2 Å². The number of carbonyl (C=O) groups excluding carboxylic acids is 2. The lowest BCUT2D eigenvalue weighted by molar-refractivity contribution is -0.133. The van der Waals surface area contributed by atoms with Crippen LogP contribution in [0.2, 0.25) is 0 Å². The number of hydrogen-bond acceptors (Lipinski definition) is 3. The number of anilines is 1. The lowest BCUT2D eigenvalue weighted by atomic mass is 9.84. The average Bonchev–Trinajstić information content (AvgIpc) is 3.16. The van der Waals surface area contributed by atoms with Crippen LogP contribution in [-0.2, 0) is 16.1 Å². The lowest BCUT2D eigenvalue weighted by Gasteiger charge is -2.37. The van der Waals surface area contributed by atoms with Crippen molar-refractivity contribution in [1.82, 2.24) is 5.32 Å². The highest BCUT2D eigenvalue weighted by molar-refractivity contribution is 6.07. The van der Waals surface area contributed by atoms with Crippen LogP contribution in [0.4, 0.5) is 5.69 Å². The molecule has 1 atom stereocenters. The molecule has 1 aromatic carbocycles. The number of ether oxygens (including phenoxy) is 1. The molecule has 5 heteroatoms. The van der Waals surface area contributed by atoms with Gasteiger partial charge in [0.25, 0.3) is 5.91 Å². The molecule has 0 bridgehead atoms. The smallest absolute Gasteiger partial charge is 0.254 e. The van der Waals surface area contributed by atoms with E-state index in [-0.39, 0.29) is 23.3 Å². The molecule has 1 aromatic rings. The van der Waals surface area contributed by atoms with Gasteiger partial charge in [-0.2, -0.15) is 0 Å². The SMILES string of the molecule is O=C1NCc2cccc(NC(=O)C3CCOC4(CCCC4)C3)c21. The standard InChI is InChI=1S/C18H22N2O3/c21-16(12-6-9-23-18(10-12)7-1-2-8-18)20-14-5-3-4-13-11-19-17(22)15(13)14/h3-5,12H,1-2,6-11H2,(H,19,22)(H,20,21). The lowest BCUT2D eigenvalue weighted by Crippen LogP contribution is -2.41. The fourth-order valence-electron chi connectivity index (χ4n) is 4.24. The van der Waals surface area contributed by atoms with Crippen LogP contribution in [0.3, 0.4) is 0 Å². The van der Waals surface area contributed by atoms with Gasteiger partial charge in [-0.15, -0.1) is 0 Å². The summed E-state index contributed by atoms with van der Waals surface area (Å²) in [5.41, 5.74) is 2.13. The molecular weight excluding hydrogens is 292 g/mol.